The molecule has 0 spiro atoms. The number of anilines is 1. The quantitative estimate of drug-likeness (QED) is 0.695. The summed E-state index contributed by atoms with van der Waals surface area (Å²) in [7, 11) is 0. The summed E-state index contributed by atoms with van der Waals surface area (Å²) in [4.78, 5) is 22.1. The van der Waals surface area contributed by atoms with E-state index in [0.717, 1.165) is 12.1 Å². The Morgan fingerprint density at radius 3 is 2.41 bits per heavy atom. The van der Waals surface area contributed by atoms with E-state index in [0.29, 0.717) is 11.6 Å². The van der Waals surface area contributed by atoms with E-state index in [-0.39, 0.29) is 23.4 Å². The standard InChI is InChI=1S/C15H12F2N2O3/c1-9-2-3-13(8-14(9)19(21)22)18-15(20)6-10-4-11(16)7-12(17)5-10/h2-5,7-8H,6H2,1H3,(H,18,20). The van der Waals surface area contributed by atoms with E-state index in [4.69, 9.17) is 0 Å². The molecule has 0 atom stereocenters. The molecule has 7 heteroatoms. The predicted molar refractivity (Wildman–Crippen MR) is 76.5 cm³/mol. The smallest absolute Gasteiger partial charge is 0.274 e. The average molecular weight is 306 g/mol. The fourth-order valence-corrected chi connectivity index (χ4v) is 1.99. The van der Waals surface area contributed by atoms with Gasteiger partial charge in [0, 0.05) is 23.4 Å². The fraction of sp³-hybridized carbons (Fsp3) is 0.133. The average Bonchev–Trinajstić information content (AvgIpc) is 2.39. The highest BCUT2D eigenvalue weighted by atomic mass is 19.1. The number of rotatable bonds is 4. The van der Waals surface area contributed by atoms with Crippen molar-refractivity contribution in [3.63, 3.8) is 0 Å². The highest BCUT2D eigenvalue weighted by molar-refractivity contribution is 5.92. The Balaban J connectivity index is 2.12. The van der Waals surface area contributed by atoms with Gasteiger partial charge in [0.1, 0.15) is 11.6 Å². The van der Waals surface area contributed by atoms with Gasteiger partial charge in [-0.25, -0.2) is 8.78 Å². The van der Waals surface area contributed by atoms with Crippen molar-refractivity contribution in [2.45, 2.75) is 13.3 Å². The lowest BCUT2D eigenvalue weighted by Gasteiger charge is -2.06. The van der Waals surface area contributed by atoms with Crippen LogP contribution in [0.25, 0.3) is 0 Å². The van der Waals surface area contributed by atoms with Crippen LogP contribution in [0, 0.1) is 28.7 Å². The molecule has 22 heavy (non-hydrogen) atoms. The molecule has 2 rings (SSSR count). The van der Waals surface area contributed by atoms with Crippen LogP contribution in [0.2, 0.25) is 0 Å². The van der Waals surface area contributed by atoms with Crippen LogP contribution in [0.3, 0.4) is 0 Å². The highest BCUT2D eigenvalue weighted by Crippen LogP contribution is 2.22. The summed E-state index contributed by atoms with van der Waals surface area (Å²) >= 11 is 0. The molecule has 0 aliphatic carbocycles. The van der Waals surface area contributed by atoms with Crippen LogP contribution in [-0.2, 0) is 11.2 Å². The van der Waals surface area contributed by atoms with Crippen LogP contribution in [0.4, 0.5) is 20.2 Å². The Labute approximate surface area is 124 Å². The van der Waals surface area contributed by atoms with Crippen molar-refractivity contribution >= 4 is 17.3 Å². The molecule has 0 fully saturated rings. The van der Waals surface area contributed by atoms with Crippen molar-refractivity contribution in [3.8, 4) is 0 Å². The van der Waals surface area contributed by atoms with Crippen molar-refractivity contribution in [1.82, 2.24) is 0 Å². The Morgan fingerprint density at radius 2 is 1.82 bits per heavy atom. The Hall–Kier alpha value is -2.83. The van der Waals surface area contributed by atoms with Gasteiger partial charge in [-0.15, -0.1) is 0 Å². The number of aryl methyl sites for hydroxylation is 1. The summed E-state index contributed by atoms with van der Waals surface area (Å²) in [5, 5.41) is 13.3. The van der Waals surface area contributed by atoms with E-state index >= 15 is 0 Å². The molecule has 0 unspecified atom stereocenters. The number of hydrogen-bond acceptors (Lipinski definition) is 3. The molecule has 0 aliphatic heterocycles. The van der Waals surface area contributed by atoms with Gasteiger partial charge in [-0.3, -0.25) is 14.9 Å². The number of amides is 1. The van der Waals surface area contributed by atoms with E-state index in [2.05, 4.69) is 5.32 Å². The fourth-order valence-electron chi connectivity index (χ4n) is 1.99. The molecule has 1 amide bonds. The van der Waals surface area contributed by atoms with E-state index in [1.807, 2.05) is 0 Å². The first kappa shape index (κ1) is 15.6. The molecule has 0 radical (unpaired) electrons. The molecular formula is C15H12F2N2O3. The summed E-state index contributed by atoms with van der Waals surface area (Å²) in [6.07, 6.45) is -0.240. The first-order valence-corrected chi connectivity index (χ1v) is 6.35. The van der Waals surface area contributed by atoms with Gasteiger partial charge in [0.15, 0.2) is 0 Å². The lowest BCUT2D eigenvalue weighted by atomic mass is 10.1. The van der Waals surface area contributed by atoms with Crippen LogP contribution in [0.5, 0.6) is 0 Å². The zero-order valence-corrected chi connectivity index (χ0v) is 11.6. The zero-order valence-electron chi connectivity index (χ0n) is 11.6. The van der Waals surface area contributed by atoms with E-state index < -0.39 is 22.5 Å². The monoisotopic (exact) mass is 306 g/mol. The Kier molecular flexibility index (Phi) is 4.45. The maximum absolute atomic E-state index is 13.0. The number of nitrogens with zero attached hydrogens (tertiary/aromatic N) is 1. The molecule has 0 aliphatic rings. The first-order valence-electron chi connectivity index (χ1n) is 6.35. The third-order valence-electron chi connectivity index (χ3n) is 2.98. The molecule has 0 heterocycles. The number of benzene rings is 2. The molecule has 0 bridgehead atoms. The number of halogens is 2. The molecule has 2 aromatic rings. The molecule has 0 saturated carbocycles. The second-order valence-electron chi connectivity index (χ2n) is 4.76. The van der Waals surface area contributed by atoms with Gasteiger partial charge in [0.25, 0.3) is 5.69 Å². The van der Waals surface area contributed by atoms with Crippen molar-refractivity contribution in [2.75, 3.05) is 5.32 Å². The summed E-state index contributed by atoms with van der Waals surface area (Å²) in [6.45, 7) is 1.58. The van der Waals surface area contributed by atoms with Gasteiger partial charge in [0.2, 0.25) is 5.91 Å². The molecule has 5 nitrogen and oxygen atoms in total. The minimum Gasteiger partial charge on any atom is -0.326 e. The van der Waals surface area contributed by atoms with Gasteiger partial charge < -0.3 is 5.32 Å². The number of nitrogens with one attached hydrogen (secondary N) is 1. The molecule has 2 aromatic carbocycles. The topological polar surface area (TPSA) is 72.2 Å². The van der Waals surface area contributed by atoms with Gasteiger partial charge >= 0.3 is 0 Å². The van der Waals surface area contributed by atoms with Crippen LogP contribution in [0.15, 0.2) is 36.4 Å². The predicted octanol–water partition coefficient (Wildman–Crippen LogP) is 3.36. The lowest BCUT2D eigenvalue weighted by molar-refractivity contribution is -0.385. The van der Waals surface area contributed by atoms with Gasteiger partial charge in [-0.2, -0.15) is 0 Å². The SMILES string of the molecule is Cc1ccc(NC(=O)Cc2cc(F)cc(F)c2)cc1[N+](=O)[O-]. The molecule has 0 aromatic heterocycles. The van der Waals surface area contributed by atoms with Crippen molar-refractivity contribution in [1.29, 1.82) is 0 Å². The van der Waals surface area contributed by atoms with Gasteiger partial charge in [0.05, 0.1) is 11.3 Å². The second-order valence-corrected chi connectivity index (χ2v) is 4.76. The summed E-state index contributed by atoms with van der Waals surface area (Å²) in [6, 6.07) is 7.09. The Morgan fingerprint density at radius 1 is 1.18 bits per heavy atom. The summed E-state index contributed by atoms with van der Waals surface area (Å²) in [5.74, 6) is -2.06. The third-order valence-corrected chi connectivity index (χ3v) is 2.98. The van der Waals surface area contributed by atoms with Crippen LogP contribution in [0.1, 0.15) is 11.1 Å². The van der Waals surface area contributed by atoms with Crippen LogP contribution in [-0.4, -0.2) is 10.8 Å². The zero-order chi connectivity index (χ0) is 16.3. The molecular weight excluding hydrogens is 294 g/mol. The van der Waals surface area contributed by atoms with Gasteiger partial charge in [-0.1, -0.05) is 6.07 Å². The van der Waals surface area contributed by atoms with Crippen molar-refractivity contribution < 1.29 is 18.5 Å². The van der Waals surface area contributed by atoms with Crippen molar-refractivity contribution in [2.24, 2.45) is 0 Å². The first-order chi connectivity index (χ1) is 10.3. The van der Waals surface area contributed by atoms with Crippen LogP contribution >= 0.6 is 0 Å². The number of nitro groups is 1. The normalized spacial score (nSPS) is 10.3. The molecule has 1 N–H and O–H groups in total. The number of carbonyl (C=O) groups excluding carboxylic acids is 1. The third kappa shape index (κ3) is 3.85. The van der Waals surface area contributed by atoms with Crippen molar-refractivity contribution in [3.05, 3.63) is 69.3 Å². The number of nitro benzene ring substituents is 1. The van der Waals surface area contributed by atoms with Crippen LogP contribution < -0.4 is 5.32 Å². The highest BCUT2D eigenvalue weighted by Gasteiger charge is 2.13. The minimum absolute atomic E-state index is 0.116. The van der Waals surface area contributed by atoms with Gasteiger partial charge in [-0.05, 0) is 30.7 Å². The maximum atomic E-state index is 13.0. The van der Waals surface area contributed by atoms with E-state index in [1.54, 1.807) is 6.92 Å². The largest absolute Gasteiger partial charge is 0.326 e. The summed E-state index contributed by atoms with van der Waals surface area (Å²) in [5.41, 5.74) is 0.778. The van der Waals surface area contributed by atoms with E-state index in [1.165, 1.54) is 18.2 Å². The number of carbonyl (C=O) groups is 1. The minimum atomic E-state index is -0.770. The van der Waals surface area contributed by atoms with E-state index in [9.17, 15) is 23.7 Å². The number of hydrogen-bond donors (Lipinski definition) is 1. The summed E-state index contributed by atoms with van der Waals surface area (Å²) < 4.78 is 26.1. The molecule has 0 saturated heterocycles. The molecule has 114 valence electrons. The second kappa shape index (κ2) is 6.30. The lowest BCUT2D eigenvalue weighted by Crippen LogP contribution is -2.14. The maximum Gasteiger partial charge on any atom is 0.274 e. The Bertz CT molecular complexity index is 727.